The number of likely N-dealkylation sites (N-methyl/N-ethyl adjacent to an activating group) is 1. The predicted octanol–water partition coefficient (Wildman–Crippen LogP) is 2.52. The van der Waals surface area contributed by atoms with Gasteiger partial charge in [-0.15, -0.1) is 0 Å². The Morgan fingerprint density at radius 1 is 1.43 bits per heavy atom. The van der Waals surface area contributed by atoms with Gasteiger partial charge in [-0.2, -0.15) is 11.8 Å². The number of thioether (sulfide) groups is 1. The quantitative estimate of drug-likeness (QED) is 0.757. The van der Waals surface area contributed by atoms with Gasteiger partial charge in [0.05, 0.1) is 0 Å². The zero-order valence-electron chi connectivity index (χ0n) is 13.5. The molecule has 5 heteroatoms. The molecular formula is C16H28N2O2S. The molecule has 1 aliphatic heterocycles. The maximum absolute atomic E-state index is 12.8. The monoisotopic (exact) mass is 312 g/mol. The standard InChI is InChI=1S/C16H28N2O2S/c1-4-14(18-10-6-7-15(18)19)16(20)17(3)12-8-9-13(11-12)21-5-2/h12-14H,4-11H2,1-3H3/t12-,13-,14+/m1/s1. The summed E-state index contributed by atoms with van der Waals surface area (Å²) in [5.74, 6) is 1.43. The van der Waals surface area contributed by atoms with Crippen LogP contribution < -0.4 is 0 Å². The number of amides is 2. The highest BCUT2D eigenvalue weighted by atomic mass is 32.2. The molecule has 0 aromatic heterocycles. The summed E-state index contributed by atoms with van der Waals surface area (Å²) < 4.78 is 0. The first-order valence-electron chi connectivity index (χ1n) is 8.26. The summed E-state index contributed by atoms with van der Waals surface area (Å²) in [6.45, 7) is 4.95. The Morgan fingerprint density at radius 3 is 2.76 bits per heavy atom. The number of hydrogen-bond acceptors (Lipinski definition) is 3. The third kappa shape index (κ3) is 3.74. The van der Waals surface area contributed by atoms with Crippen LogP contribution >= 0.6 is 11.8 Å². The van der Waals surface area contributed by atoms with Gasteiger partial charge in [0.2, 0.25) is 11.8 Å². The van der Waals surface area contributed by atoms with E-state index < -0.39 is 0 Å². The van der Waals surface area contributed by atoms with Crippen molar-refractivity contribution in [2.75, 3.05) is 19.3 Å². The summed E-state index contributed by atoms with van der Waals surface area (Å²) in [7, 11) is 1.93. The Balaban J connectivity index is 1.96. The fourth-order valence-electron chi connectivity index (χ4n) is 3.60. The molecule has 2 fully saturated rings. The first kappa shape index (κ1) is 16.7. The van der Waals surface area contributed by atoms with Crippen molar-refractivity contribution < 1.29 is 9.59 Å². The summed E-state index contributed by atoms with van der Waals surface area (Å²) in [6, 6.07) is 0.108. The molecule has 1 saturated heterocycles. The van der Waals surface area contributed by atoms with E-state index in [1.807, 2.05) is 30.6 Å². The second kappa shape index (κ2) is 7.52. The maximum atomic E-state index is 12.8. The minimum absolute atomic E-state index is 0.139. The molecule has 1 aliphatic carbocycles. The van der Waals surface area contributed by atoms with E-state index in [4.69, 9.17) is 0 Å². The van der Waals surface area contributed by atoms with Crippen molar-refractivity contribution in [1.82, 2.24) is 9.80 Å². The number of carbonyl (C=O) groups excluding carboxylic acids is 2. The van der Waals surface area contributed by atoms with Crippen LogP contribution in [-0.4, -0.2) is 58.3 Å². The Labute approximate surface area is 132 Å². The molecule has 0 unspecified atom stereocenters. The van der Waals surface area contributed by atoms with Crippen LogP contribution in [0.4, 0.5) is 0 Å². The van der Waals surface area contributed by atoms with E-state index >= 15 is 0 Å². The van der Waals surface area contributed by atoms with Crippen LogP contribution in [0.25, 0.3) is 0 Å². The molecular weight excluding hydrogens is 284 g/mol. The van der Waals surface area contributed by atoms with Crippen molar-refractivity contribution in [1.29, 1.82) is 0 Å². The summed E-state index contributed by atoms with van der Waals surface area (Å²) in [4.78, 5) is 28.4. The van der Waals surface area contributed by atoms with E-state index in [1.165, 1.54) is 6.42 Å². The molecule has 0 bridgehead atoms. The van der Waals surface area contributed by atoms with Crippen molar-refractivity contribution in [3.63, 3.8) is 0 Å². The molecule has 2 aliphatic rings. The molecule has 0 aromatic rings. The fraction of sp³-hybridized carbons (Fsp3) is 0.875. The third-order valence-corrected chi connectivity index (χ3v) is 6.05. The molecule has 0 radical (unpaired) electrons. The third-order valence-electron chi connectivity index (χ3n) is 4.81. The van der Waals surface area contributed by atoms with Crippen LogP contribution in [0.3, 0.4) is 0 Å². The summed E-state index contributed by atoms with van der Waals surface area (Å²) in [5.41, 5.74) is 0. The number of likely N-dealkylation sites (tertiary alicyclic amines) is 1. The van der Waals surface area contributed by atoms with Gasteiger partial charge in [0, 0.05) is 31.3 Å². The van der Waals surface area contributed by atoms with Crippen LogP contribution in [-0.2, 0) is 9.59 Å². The summed E-state index contributed by atoms with van der Waals surface area (Å²) in [6.07, 6.45) is 5.63. The Bertz CT molecular complexity index is 388. The second-order valence-corrected chi connectivity index (χ2v) is 7.69. The van der Waals surface area contributed by atoms with Crippen molar-refractivity contribution in [2.24, 2.45) is 0 Å². The molecule has 4 nitrogen and oxygen atoms in total. The molecule has 0 N–H and O–H groups in total. The molecule has 1 heterocycles. The molecule has 0 aromatic carbocycles. The van der Waals surface area contributed by atoms with Gasteiger partial charge < -0.3 is 9.80 Å². The highest BCUT2D eigenvalue weighted by Gasteiger charge is 2.37. The minimum Gasteiger partial charge on any atom is -0.341 e. The van der Waals surface area contributed by atoms with Crippen LogP contribution in [0.2, 0.25) is 0 Å². The van der Waals surface area contributed by atoms with Crippen LogP contribution in [0, 0.1) is 0 Å². The van der Waals surface area contributed by atoms with Crippen molar-refractivity contribution >= 4 is 23.6 Å². The number of carbonyl (C=O) groups is 2. The van der Waals surface area contributed by atoms with Gasteiger partial charge in [-0.1, -0.05) is 13.8 Å². The van der Waals surface area contributed by atoms with E-state index in [1.54, 1.807) is 4.90 Å². The average molecular weight is 312 g/mol. The molecule has 1 saturated carbocycles. The van der Waals surface area contributed by atoms with Gasteiger partial charge in [-0.05, 0) is 37.9 Å². The van der Waals surface area contributed by atoms with Gasteiger partial charge in [-0.25, -0.2) is 0 Å². The maximum Gasteiger partial charge on any atom is 0.245 e. The topological polar surface area (TPSA) is 40.6 Å². The van der Waals surface area contributed by atoms with E-state index in [2.05, 4.69) is 6.92 Å². The lowest BCUT2D eigenvalue weighted by Gasteiger charge is -2.33. The number of nitrogens with zero attached hydrogens (tertiary/aromatic N) is 2. The number of hydrogen-bond donors (Lipinski definition) is 0. The smallest absolute Gasteiger partial charge is 0.245 e. The van der Waals surface area contributed by atoms with Gasteiger partial charge in [0.1, 0.15) is 6.04 Å². The zero-order chi connectivity index (χ0) is 15.4. The first-order chi connectivity index (χ1) is 10.1. The van der Waals surface area contributed by atoms with Crippen molar-refractivity contribution in [3.05, 3.63) is 0 Å². The second-order valence-electron chi connectivity index (χ2n) is 6.11. The van der Waals surface area contributed by atoms with E-state index in [-0.39, 0.29) is 17.9 Å². The van der Waals surface area contributed by atoms with Crippen LogP contribution in [0.5, 0.6) is 0 Å². The van der Waals surface area contributed by atoms with Gasteiger partial charge in [0.25, 0.3) is 0 Å². The molecule has 2 amide bonds. The SMILES string of the molecule is CCS[C@@H]1CC[C@@H](N(C)C(=O)[C@H](CC)N2CCCC2=O)C1. The Hall–Kier alpha value is -0.710. The van der Waals surface area contributed by atoms with Crippen LogP contribution in [0.1, 0.15) is 52.4 Å². The molecule has 3 atom stereocenters. The zero-order valence-corrected chi connectivity index (χ0v) is 14.3. The molecule has 120 valence electrons. The van der Waals surface area contributed by atoms with Crippen LogP contribution in [0.15, 0.2) is 0 Å². The molecule has 21 heavy (non-hydrogen) atoms. The Morgan fingerprint density at radius 2 is 2.19 bits per heavy atom. The van der Waals surface area contributed by atoms with E-state index in [0.717, 1.165) is 38.0 Å². The summed E-state index contributed by atoms with van der Waals surface area (Å²) >= 11 is 2.01. The van der Waals surface area contributed by atoms with E-state index in [0.29, 0.717) is 17.7 Å². The van der Waals surface area contributed by atoms with E-state index in [9.17, 15) is 9.59 Å². The van der Waals surface area contributed by atoms with Gasteiger partial charge in [0.15, 0.2) is 0 Å². The normalized spacial score (nSPS) is 27.2. The van der Waals surface area contributed by atoms with Gasteiger partial charge >= 0.3 is 0 Å². The summed E-state index contributed by atoms with van der Waals surface area (Å²) in [5, 5.41) is 0.698. The lowest BCUT2D eigenvalue weighted by Crippen LogP contribution is -2.50. The molecule has 0 spiro atoms. The first-order valence-corrected chi connectivity index (χ1v) is 9.31. The largest absolute Gasteiger partial charge is 0.341 e. The lowest BCUT2D eigenvalue weighted by molar-refractivity contribution is -0.144. The van der Waals surface area contributed by atoms with Crippen molar-refractivity contribution in [3.8, 4) is 0 Å². The minimum atomic E-state index is -0.247. The van der Waals surface area contributed by atoms with Crippen molar-refractivity contribution in [2.45, 2.75) is 69.7 Å². The van der Waals surface area contributed by atoms with Gasteiger partial charge in [-0.3, -0.25) is 9.59 Å². The fourth-order valence-corrected chi connectivity index (χ4v) is 4.73. The molecule has 2 rings (SSSR count). The Kier molecular flexibility index (Phi) is 5.97. The highest BCUT2D eigenvalue weighted by molar-refractivity contribution is 7.99. The lowest BCUT2D eigenvalue weighted by atomic mass is 10.1. The highest BCUT2D eigenvalue weighted by Crippen LogP contribution is 2.32. The average Bonchev–Trinajstić information content (AvgIpc) is 3.09. The predicted molar refractivity (Wildman–Crippen MR) is 87.4 cm³/mol. The number of rotatable bonds is 6.